The average molecular weight is 654 g/mol. The van der Waals surface area contributed by atoms with Crippen molar-refractivity contribution in [3.8, 4) is 33.8 Å². The van der Waals surface area contributed by atoms with Crippen molar-refractivity contribution in [1.29, 1.82) is 0 Å². The highest BCUT2D eigenvalue weighted by atomic mass is 16.3. The lowest BCUT2D eigenvalue weighted by atomic mass is 9.77. The number of rotatable bonds is 1. The standard InChI is InChI=1S/C46H43N3O/c1-28-12-11-13-29(2)42(28)38-21-20-36-35-19-17-31-18-22-40-37(33-14-7-8-15-34(33)39-16-9-10-24-49(39)40)26-30(3)48-25-23-32(46(4,5)6)27-41(48)43(31)44(35)50-45(36)47-38/h7-17,19-21,23-25,27,37,40H,3,18,22,26H2,1-2,4-6H3/q+2. The molecule has 0 radical (unpaired) electrons. The molecule has 0 aliphatic carbocycles. The normalized spacial score (nSPS) is 17.1. The monoisotopic (exact) mass is 653 g/mol. The van der Waals surface area contributed by atoms with Gasteiger partial charge in [0.2, 0.25) is 17.1 Å². The third-order valence-electron chi connectivity index (χ3n) is 11.3. The number of fused-ring (bicyclic) bond motifs is 13. The molecule has 4 nitrogen and oxygen atoms in total. The zero-order chi connectivity index (χ0) is 34.3. The Bertz CT molecular complexity index is 2490. The molecule has 3 aromatic carbocycles. The molecule has 0 amide bonds. The maximum absolute atomic E-state index is 6.93. The molecule has 2 aliphatic rings. The molecule has 4 aromatic heterocycles. The lowest BCUT2D eigenvalue weighted by molar-refractivity contribution is -0.719. The molecule has 246 valence electrons. The first-order valence-corrected chi connectivity index (χ1v) is 17.9. The van der Waals surface area contributed by atoms with E-state index in [1.54, 1.807) is 0 Å². The van der Waals surface area contributed by atoms with Gasteiger partial charge in [0.05, 0.1) is 17.2 Å². The Kier molecular flexibility index (Phi) is 6.96. The van der Waals surface area contributed by atoms with E-state index in [0.717, 1.165) is 58.3 Å². The van der Waals surface area contributed by atoms with Crippen LogP contribution in [0.2, 0.25) is 0 Å². The van der Waals surface area contributed by atoms with E-state index in [-0.39, 0.29) is 11.5 Å². The molecule has 7 aromatic rings. The van der Waals surface area contributed by atoms with Gasteiger partial charge in [0.25, 0.3) is 0 Å². The fourth-order valence-corrected chi connectivity index (χ4v) is 8.71. The van der Waals surface area contributed by atoms with Crippen LogP contribution >= 0.6 is 0 Å². The lowest BCUT2D eigenvalue weighted by Gasteiger charge is -2.31. The van der Waals surface area contributed by atoms with Crippen molar-refractivity contribution >= 4 is 27.8 Å². The summed E-state index contributed by atoms with van der Waals surface area (Å²) in [4.78, 5) is 5.16. The second-order valence-corrected chi connectivity index (χ2v) is 15.4. The molecular formula is C46H43N3O+2. The number of pyridine rings is 3. The molecule has 4 heteroatoms. The topological polar surface area (TPSA) is 33.8 Å². The van der Waals surface area contributed by atoms with Crippen molar-refractivity contribution in [3.05, 3.63) is 144 Å². The van der Waals surface area contributed by atoms with E-state index in [0.29, 0.717) is 11.6 Å². The third kappa shape index (κ3) is 4.76. The van der Waals surface area contributed by atoms with Crippen molar-refractivity contribution in [2.75, 3.05) is 0 Å². The summed E-state index contributed by atoms with van der Waals surface area (Å²) in [5.74, 6) is 0.297. The second-order valence-electron chi connectivity index (χ2n) is 15.4. The molecular weight excluding hydrogens is 611 g/mol. The van der Waals surface area contributed by atoms with Crippen molar-refractivity contribution in [1.82, 2.24) is 4.98 Å². The van der Waals surface area contributed by atoms with Gasteiger partial charge >= 0.3 is 0 Å². The predicted molar refractivity (Wildman–Crippen MR) is 203 cm³/mol. The van der Waals surface area contributed by atoms with E-state index in [1.165, 1.54) is 44.6 Å². The quantitative estimate of drug-likeness (QED) is 0.165. The summed E-state index contributed by atoms with van der Waals surface area (Å²) < 4.78 is 11.8. The molecule has 6 heterocycles. The van der Waals surface area contributed by atoms with Crippen LogP contribution in [0.1, 0.15) is 73.4 Å². The Hall–Kier alpha value is -5.35. The minimum absolute atomic E-state index is 0.0240. The zero-order valence-corrected chi connectivity index (χ0v) is 29.6. The van der Waals surface area contributed by atoms with Crippen LogP contribution in [0.4, 0.5) is 0 Å². The van der Waals surface area contributed by atoms with Crippen LogP contribution < -0.4 is 9.13 Å². The molecule has 0 spiro atoms. The van der Waals surface area contributed by atoms with Gasteiger partial charge < -0.3 is 4.42 Å². The minimum Gasteiger partial charge on any atom is -0.437 e. The predicted octanol–water partition coefficient (Wildman–Crippen LogP) is 10.6. The molecule has 2 atom stereocenters. The van der Waals surface area contributed by atoms with Crippen LogP contribution in [0.5, 0.6) is 0 Å². The van der Waals surface area contributed by atoms with Crippen molar-refractivity contribution in [2.24, 2.45) is 0 Å². The highest BCUT2D eigenvalue weighted by molar-refractivity contribution is 6.09. The van der Waals surface area contributed by atoms with E-state index < -0.39 is 0 Å². The molecule has 0 saturated carbocycles. The molecule has 0 bridgehead atoms. The van der Waals surface area contributed by atoms with Gasteiger partial charge in [0.1, 0.15) is 0 Å². The molecule has 0 fully saturated rings. The van der Waals surface area contributed by atoms with Crippen molar-refractivity contribution < 1.29 is 13.6 Å². The van der Waals surface area contributed by atoms with E-state index >= 15 is 0 Å². The number of aryl methyl sites for hydroxylation is 3. The summed E-state index contributed by atoms with van der Waals surface area (Å²) in [6.45, 7) is 16.0. The maximum Gasteiger partial charge on any atom is 0.227 e. The third-order valence-corrected chi connectivity index (χ3v) is 11.3. The Morgan fingerprint density at radius 2 is 1.56 bits per heavy atom. The van der Waals surface area contributed by atoms with Gasteiger partial charge in [-0.3, -0.25) is 0 Å². The van der Waals surface area contributed by atoms with Gasteiger partial charge in [-0.1, -0.05) is 69.3 Å². The first kappa shape index (κ1) is 30.7. The Morgan fingerprint density at radius 3 is 2.38 bits per heavy atom. The van der Waals surface area contributed by atoms with Crippen LogP contribution in [0.15, 0.2) is 120 Å². The summed E-state index contributed by atoms with van der Waals surface area (Å²) in [6.07, 6.45) is 7.28. The highest BCUT2D eigenvalue weighted by Crippen LogP contribution is 2.46. The van der Waals surface area contributed by atoms with Gasteiger partial charge in [-0.25, -0.2) is 4.98 Å². The zero-order valence-electron chi connectivity index (χ0n) is 29.6. The molecule has 0 saturated heterocycles. The van der Waals surface area contributed by atoms with Gasteiger partial charge in [0.15, 0.2) is 29.7 Å². The SMILES string of the molecule is C=C1CC2c3ccccc3-c3cccc[n+]3C2CCc2ccc3c(oc4nc(-c5c(C)cccc5C)ccc43)c2-c2cc(C(C)(C)C)cc[n+]21. The minimum atomic E-state index is -0.0240. The van der Waals surface area contributed by atoms with E-state index in [2.05, 4.69) is 153 Å². The summed E-state index contributed by atoms with van der Waals surface area (Å²) in [5.41, 5.74) is 16.1. The van der Waals surface area contributed by atoms with E-state index in [9.17, 15) is 0 Å². The maximum atomic E-state index is 6.93. The van der Waals surface area contributed by atoms with E-state index in [1.807, 2.05) is 0 Å². The summed E-state index contributed by atoms with van der Waals surface area (Å²) in [5, 5.41) is 2.14. The van der Waals surface area contributed by atoms with Crippen LogP contribution in [0.3, 0.4) is 0 Å². The van der Waals surface area contributed by atoms with Gasteiger partial charge in [0, 0.05) is 59.0 Å². The smallest absolute Gasteiger partial charge is 0.227 e. The number of furan rings is 1. The number of hydrogen-bond donors (Lipinski definition) is 0. The fourth-order valence-electron chi connectivity index (χ4n) is 8.71. The van der Waals surface area contributed by atoms with Crippen LogP contribution in [-0.2, 0) is 11.8 Å². The molecule has 2 unspecified atom stereocenters. The number of hydrogen-bond acceptors (Lipinski definition) is 2. The number of aromatic nitrogens is 3. The van der Waals surface area contributed by atoms with Gasteiger partial charge in [-0.05, 0) is 84.3 Å². The second kappa shape index (κ2) is 11.3. The Morgan fingerprint density at radius 1 is 0.780 bits per heavy atom. The fraction of sp³-hybridized carbons (Fsp3) is 0.239. The highest BCUT2D eigenvalue weighted by Gasteiger charge is 2.42. The van der Waals surface area contributed by atoms with Crippen LogP contribution in [0.25, 0.3) is 61.5 Å². The van der Waals surface area contributed by atoms with E-state index in [4.69, 9.17) is 16.0 Å². The van der Waals surface area contributed by atoms with Crippen molar-refractivity contribution in [2.45, 2.75) is 71.3 Å². The first-order chi connectivity index (χ1) is 24.2. The van der Waals surface area contributed by atoms with Gasteiger partial charge in [-0.2, -0.15) is 9.13 Å². The molecule has 9 rings (SSSR count). The Balaban J connectivity index is 1.29. The number of nitrogens with zero attached hydrogens (tertiary/aromatic N) is 3. The molecule has 2 aliphatic heterocycles. The summed E-state index contributed by atoms with van der Waals surface area (Å²) >= 11 is 0. The van der Waals surface area contributed by atoms with Crippen LogP contribution in [0, 0.1) is 13.8 Å². The lowest BCUT2D eigenvalue weighted by Crippen LogP contribution is -2.48. The molecule has 0 N–H and O–H groups in total. The largest absolute Gasteiger partial charge is 0.437 e. The molecule has 50 heavy (non-hydrogen) atoms. The summed E-state index contributed by atoms with van der Waals surface area (Å²) in [6, 6.07) is 35.9. The number of allylic oxidation sites excluding steroid dienone is 1. The Labute approximate surface area is 294 Å². The van der Waals surface area contributed by atoms with Crippen LogP contribution in [-0.4, -0.2) is 4.98 Å². The number of benzene rings is 3. The first-order valence-electron chi connectivity index (χ1n) is 17.9. The summed E-state index contributed by atoms with van der Waals surface area (Å²) in [7, 11) is 0. The average Bonchev–Trinajstić information content (AvgIpc) is 3.48. The van der Waals surface area contributed by atoms with Crippen molar-refractivity contribution in [3.63, 3.8) is 0 Å². The van der Waals surface area contributed by atoms with Gasteiger partial charge in [-0.15, -0.1) is 0 Å².